The Labute approximate surface area is 125 Å². The van der Waals surface area contributed by atoms with Crippen molar-refractivity contribution >= 4 is 10.9 Å². The molecule has 3 heteroatoms. The maximum Gasteiger partial charge on any atom is 0.192 e. The summed E-state index contributed by atoms with van der Waals surface area (Å²) in [6.07, 6.45) is 6.02. The number of piperidine rings is 1. The van der Waals surface area contributed by atoms with Crippen molar-refractivity contribution in [1.82, 2.24) is 10.3 Å². The number of hydrogen-bond donors (Lipinski definition) is 2. The van der Waals surface area contributed by atoms with Crippen molar-refractivity contribution in [3.05, 3.63) is 45.7 Å². The molecule has 3 rings (SSSR count). The van der Waals surface area contributed by atoms with E-state index in [0.717, 1.165) is 47.6 Å². The minimum atomic E-state index is 0.182. The van der Waals surface area contributed by atoms with Gasteiger partial charge < -0.3 is 10.3 Å². The predicted octanol–water partition coefficient (Wildman–Crippen LogP) is 3.16. The highest BCUT2D eigenvalue weighted by atomic mass is 16.1. The first-order valence-corrected chi connectivity index (χ1v) is 8.07. The van der Waals surface area contributed by atoms with Gasteiger partial charge in [0.15, 0.2) is 5.43 Å². The van der Waals surface area contributed by atoms with Gasteiger partial charge in [-0.05, 0) is 70.2 Å². The van der Waals surface area contributed by atoms with Crippen molar-refractivity contribution < 1.29 is 0 Å². The predicted molar refractivity (Wildman–Crippen MR) is 87.8 cm³/mol. The van der Waals surface area contributed by atoms with E-state index >= 15 is 0 Å². The first-order chi connectivity index (χ1) is 10.3. The Bertz CT molecular complexity index is 668. The fraction of sp³-hybridized carbons (Fsp3) is 0.500. The van der Waals surface area contributed by atoms with E-state index in [-0.39, 0.29) is 5.43 Å². The second-order valence-electron chi connectivity index (χ2n) is 6.19. The standard InChI is InChI=1S/C18H24N2O/c1-13-16(8-4-5-14-9-11-19-12-10-14)20-17-7-3-2-6-15(17)18(13)21/h2-3,6-7,14,19H,4-5,8-12H2,1H3,(H,20,21). The fourth-order valence-electron chi connectivity index (χ4n) is 3.37. The number of aryl methyl sites for hydroxylation is 1. The van der Waals surface area contributed by atoms with Gasteiger partial charge in [0.1, 0.15) is 0 Å². The molecular formula is C18H24N2O. The van der Waals surface area contributed by atoms with Crippen LogP contribution in [0.4, 0.5) is 0 Å². The van der Waals surface area contributed by atoms with Gasteiger partial charge in [-0.2, -0.15) is 0 Å². The summed E-state index contributed by atoms with van der Waals surface area (Å²) in [5, 5.41) is 4.21. The number of aromatic amines is 1. The minimum Gasteiger partial charge on any atom is -0.358 e. The van der Waals surface area contributed by atoms with Crippen molar-refractivity contribution in [3.63, 3.8) is 0 Å². The van der Waals surface area contributed by atoms with Gasteiger partial charge in [-0.1, -0.05) is 12.1 Å². The highest BCUT2D eigenvalue weighted by molar-refractivity contribution is 5.79. The molecule has 1 aromatic heterocycles. The van der Waals surface area contributed by atoms with E-state index < -0.39 is 0 Å². The molecule has 0 radical (unpaired) electrons. The Morgan fingerprint density at radius 2 is 1.95 bits per heavy atom. The van der Waals surface area contributed by atoms with Gasteiger partial charge in [0.2, 0.25) is 0 Å². The van der Waals surface area contributed by atoms with Gasteiger partial charge in [0.25, 0.3) is 0 Å². The van der Waals surface area contributed by atoms with E-state index in [4.69, 9.17) is 0 Å². The quantitative estimate of drug-likeness (QED) is 0.906. The third kappa shape index (κ3) is 3.18. The molecule has 0 amide bonds. The molecule has 21 heavy (non-hydrogen) atoms. The molecule has 0 spiro atoms. The lowest BCUT2D eigenvalue weighted by Crippen LogP contribution is -2.27. The van der Waals surface area contributed by atoms with Crippen molar-refractivity contribution in [1.29, 1.82) is 0 Å². The molecule has 1 aliphatic heterocycles. The van der Waals surface area contributed by atoms with Crippen LogP contribution in [0, 0.1) is 12.8 Å². The molecule has 2 N–H and O–H groups in total. The molecule has 0 saturated carbocycles. The Hall–Kier alpha value is -1.61. The van der Waals surface area contributed by atoms with Crippen LogP contribution in [0.2, 0.25) is 0 Å². The van der Waals surface area contributed by atoms with Crippen LogP contribution < -0.4 is 10.7 Å². The van der Waals surface area contributed by atoms with E-state index in [9.17, 15) is 4.79 Å². The molecule has 2 heterocycles. The topological polar surface area (TPSA) is 44.9 Å². The molecular weight excluding hydrogens is 260 g/mol. The average molecular weight is 284 g/mol. The Morgan fingerprint density at radius 1 is 1.19 bits per heavy atom. The van der Waals surface area contributed by atoms with E-state index in [2.05, 4.69) is 10.3 Å². The lowest BCUT2D eigenvalue weighted by Gasteiger charge is -2.22. The maximum absolute atomic E-state index is 12.4. The van der Waals surface area contributed by atoms with Crippen molar-refractivity contribution in [2.75, 3.05) is 13.1 Å². The van der Waals surface area contributed by atoms with E-state index in [1.807, 2.05) is 31.2 Å². The summed E-state index contributed by atoms with van der Waals surface area (Å²) in [6.45, 7) is 4.28. The second-order valence-corrected chi connectivity index (χ2v) is 6.19. The lowest BCUT2D eigenvalue weighted by molar-refractivity contribution is 0.347. The Kier molecular flexibility index (Phi) is 4.39. The van der Waals surface area contributed by atoms with E-state index in [1.54, 1.807) is 0 Å². The highest BCUT2D eigenvalue weighted by Gasteiger charge is 2.13. The molecule has 0 unspecified atom stereocenters. The average Bonchev–Trinajstić information content (AvgIpc) is 2.53. The maximum atomic E-state index is 12.4. The van der Waals surface area contributed by atoms with Crippen molar-refractivity contribution in [3.8, 4) is 0 Å². The summed E-state index contributed by atoms with van der Waals surface area (Å²) in [4.78, 5) is 15.8. The summed E-state index contributed by atoms with van der Waals surface area (Å²) in [7, 11) is 0. The van der Waals surface area contributed by atoms with Crippen LogP contribution in [0.5, 0.6) is 0 Å². The SMILES string of the molecule is Cc1c(CCCC2CCNCC2)[nH]c2ccccc2c1=O. The molecule has 0 bridgehead atoms. The van der Waals surface area contributed by atoms with Crippen LogP contribution in [0.15, 0.2) is 29.1 Å². The first kappa shape index (κ1) is 14.3. The minimum absolute atomic E-state index is 0.182. The number of para-hydroxylation sites is 1. The molecule has 2 aromatic rings. The number of rotatable bonds is 4. The smallest absolute Gasteiger partial charge is 0.192 e. The molecule has 0 atom stereocenters. The van der Waals surface area contributed by atoms with Crippen LogP contribution in [0.25, 0.3) is 10.9 Å². The van der Waals surface area contributed by atoms with Crippen molar-refractivity contribution in [2.45, 2.75) is 39.0 Å². The Morgan fingerprint density at radius 3 is 2.76 bits per heavy atom. The molecule has 3 nitrogen and oxygen atoms in total. The zero-order chi connectivity index (χ0) is 14.7. The van der Waals surface area contributed by atoms with E-state index in [1.165, 1.54) is 25.7 Å². The van der Waals surface area contributed by atoms with E-state index in [0.29, 0.717) is 0 Å². The normalized spacial score (nSPS) is 16.4. The fourth-order valence-corrected chi connectivity index (χ4v) is 3.37. The van der Waals surface area contributed by atoms with Gasteiger partial charge in [0, 0.05) is 22.2 Å². The summed E-state index contributed by atoms with van der Waals surface area (Å²) >= 11 is 0. The number of fused-ring (bicyclic) bond motifs is 1. The van der Waals surface area contributed by atoms with Gasteiger partial charge in [-0.3, -0.25) is 4.79 Å². The lowest BCUT2D eigenvalue weighted by atomic mass is 9.92. The monoisotopic (exact) mass is 284 g/mol. The first-order valence-electron chi connectivity index (χ1n) is 8.07. The van der Waals surface area contributed by atoms with Crippen LogP contribution in [0.1, 0.15) is 36.9 Å². The zero-order valence-corrected chi connectivity index (χ0v) is 12.7. The number of benzene rings is 1. The van der Waals surface area contributed by atoms with Crippen LogP contribution in [-0.4, -0.2) is 18.1 Å². The van der Waals surface area contributed by atoms with Gasteiger partial charge >= 0.3 is 0 Å². The summed E-state index contributed by atoms with van der Waals surface area (Å²) < 4.78 is 0. The summed E-state index contributed by atoms with van der Waals surface area (Å²) in [5.41, 5.74) is 3.15. The highest BCUT2D eigenvalue weighted by Crippen LogP contribution is 2.20. The number of aromatic nitrogens is 1. The molecule has 1 aliphatic rings. The molecule has 0 aliphatic carbocycles. The molecule has 1 aromatic carbocycles. The number of nitrogens with one attached hydrogen (secondary N) is 2. The molecule has 1 fully saturated rings. The Balaban J connectivity index is 1.71. The molecule has 1 saturated heterocycles. The summed E-state index contributed by atoms with van der Waals surface area (Å²) in [6, 6.07) is 7.80. The van der Waals surface area contributed by atoms with Crippen LogP contribution >= 0.6 is 0 Å². The second kappa shape index (κ2) is 6.44. The third-order valence-corrected chi connectivity index (χ3v) is 4.75. The van der Waals surface area contributed by atoms with Crippen molar-refractivity contribution in [2.24, 2.45) is 5.92 Å². The van der Waals surface area contributed by atoms with Crippen LogP contribution in [-0.2, 0) is 6.42 Å². The van der Waals surface area contributed by atoms with Crippen LogP contribution in [0.3, 0.4) is 0 Å². The largest absolute Gasteiger partial charge is 0.358 e. The van der Waals surface area contributed by atoms with Gasteiger partial charge in [-0.25, -0.2) is 0 Å². The molecule has 112 valence electrons. The number of H-pyrrole nitrogens is 1. The number of hydrogen-bond acceptors (Lipinski definition) is 2. The van der Waals surface area contributed by atoms with Gasteiger partial charge in [-0.15, -0.1) is 0 Å². The zero-order valence-electron chi connectivity index (χ0n) is 12.7. The van der Waals surface area contributed by atoms with Gasteiger partial charge in [0.05, 0.1) is 0 Å². The number of pyridine rings is 1. The third-order valence-electron chi connectivity index (χ3n) is 4.75. The summed E-state index contributed by atoms with van der Waals surface area (Å²) in [5.74, 6) is 0.860.